The van der Waals surface area contributed by atoms with Crippen LogP contribution in [0.15, 0.2) is 41.7 Å². The summed E-state index contributed by atoms with van der Waals surface area (Å²) in [6.07, 6.45) is 3.48. The minimum atomic E-state index is -1.08. The minimum absolute atomic E-state index is 0.237. The van der Waals surface area contributed by atoms with Crippen LogP contribution < -0.4 is 10.6 Å². The third-order valence-electron chi connectivity index (χ3n) is 4.69. The first kappa shape index (κ1) is 19.9. The Kier molecular flexibility index (Phi) is 5.99. The highest BCUT2D eigenvalue weighted by molar-refractivity contribution is 5.80. The number of imidazole rings is 1. The SMILES string of the molecule is CCNC(=NCC(C)(O)c1cnn(C)c1)NCCn1c(C)nc2ccccc21. The number of aliphatic imine (C=N–C) groups is 1. The van der Waals surface area contributed by atoms with Crippen molar-refractivity contribution in [3.8, 4) is 0 Å². The van der Waals surface area contributed by atoms with E-state index in [2.05, 4.69) is 36.3 Å². The third kappa shape index (κ3) is 4.51. The first-order chi connectivity index (χ1) is 13.4. The maximum Gasteiger partial charge on any atom is 0.191 e. The maximum atomic E-state index is 10.7. The van der Waals surface area contributed by atoms with E-state index in [0.29, 0.717) is 12.5 Å². The largest absolute Gasteiger partial charge is 0.383 e. The Balaban J connectivity index is 1.64. The first-order valence-corrected chi connectivity index (χ1v) is 9.56. The number of aryl methyl sites for hydroxylation is 2. The van der Waals surface area contributed by atoms with E-state index in [1.807, 2.05) is 45.3 Å². The normalized spacial score (nSPS) is 14.2. The Labute approximate surface area is 165 Å². The molecule has 0 saturated heterocycles. The fourth-order valence-electron chi connectivity index (χ4n) is 3.13. The van der Waals surface area contributed by atoms with Gasteiger partial charge in [-0.05, 0) is 32.9 Å². The second-order valence-electron chi connectivity index (χ2n) is 7.10. The molecule has 0 aliphatic rings. The lowest BCUT2D eigenvalue weighted by Crippen LogP contribution is -2.40. The predicted molar refractivity (Wildman–Crippen MR) is 111 cm³/mol. The van der Waals surface area contributed by atoms with Crippen LogP contribution in [0.4, 0.5) is 0 Å². The Bertz CT molecular complexity index is 955. The second-order valence-corrected chi connectivity index (χ2v) is 7.10. The van der Waals surface area contributed by atoms with Crippen LogP contribution >= 0.6 is 0 Å². The summed E-state index contributed by atoms with van der Waals surface area (Å²) in [4.78, 5) is 9.16. The van der Waals surface area contributed by atoms with Gasteiger partial charge in [-0.15, -0.1) is 0 Å². The highest BCUT2D eigenvalue weighted by atomic mass is 16.3. The van der Waals surface area contributed by atoms with Gasteiger partial charge in [0.25, 0.3) is 0 Å². The van der Waals surface area contributed by atoms with Crippen molar-refractivity contribution in [2.45, 2.75) is 32.9 Å². The van der Waals surface area contributed by atoms with Gasteiger partial charge in [0.05, 0.1) is 23.8 Å². The Morgan fingerprint density at radius 2 is 2.07 bits per heavy atom. The fraction of sp³-hybridized carbons (Fsp3) is 0.450. The smallest absolute Gasteiger partial charge is 0.191 e. The van der Waals surface area contributed by atoms with E-state index in [1.54, 1.807) is 17.8 Å². The van der Waals surface area contributed by atoms with E-state index in [1.165, 1.54) is 0 Å². The number of rotatable bonds is 7. The van der Waals surface area contributed by atoms with Crippen molar-refractivity contribution >= 4 is 17.0 Å². The average Bonchev–Trinajstić information content (AvgIpc) is 3.23. The molecule has 3 rings (SSSR count). The number of nitrogens with one attached hydrogen (secondary N) is 2. The summed E-state index contributed by atoms with van der Waals surface area (Å²) in [5.74, 6) is 1.66. The molecule has 8 heteroatoms. The average molecular weight is 384 g/mol. The Hall–Kier alpha value is -2.87. The molecule has 3 N–H and O–H groups in total. The topological polar surface area (TPSA) is 92.3 Å². The Morgan fingerprint density at radius 1 is 1.29 bits per heavy atom. The van der Waals surface area contributed by atoms with Crippen LogP contribution in [-0.2, 0) is 19.2 Å². The molecule has 0 saturated carbocycles. The number of nitrogens with zero attached hydrogens (tertiary/aromatic N) is 5. The van der Waals surface area contributed by atoms with Crippen LogP contribution in [0.3, 0.4) is 0 Å². The van der Waals surface area contributed by atoms with Gasteiger partial charge < -0.3 is 20.3 Å². The molecule has 0 amide bonds. The molecular formula is C20H29N7O. The van der Waals surface area contributed by atoms with Crippen LogP contribution in [0, 0.1) is 6.92 Å². The number of benzene rings is 1. The van der Waals surface area contributed by atoms with Crippen LogP contribution in [0.1, 0.15) is 25.2 Å². The number of hydrogen-bond donors (Lipinski definition) is 3. The van der Waals surface area contributed by atoms with Crippen molar-refractivity contribution in [3.05, 3.63) is 48.0 Å². The van der Waals surface area contributed by atoms with E-state index < -0.39 is 5.60 Å². The number of guanidine groups is 1. The molecule has 0 radical (unpaired) electrons. The quantitative estimate of drug-likeness (QED) is 0.425. The second kappa shape index (κ2) is 8.43. The highest BCUT2D eigenvalue weighted by Gasteiger charge is 2.24. The lowest BCUT2D eigenvalue weighted by molar-refractivity contribution is 0.0672. The molecular weight excluding hydrogens is 354 g/mol. The fourth-order valence-corrected chi connectivity index (χ4v) is 3.13. The molecule has 8 nitrogen and oxygen atoms in total. The number of aliphatic hydroxyl groups is 1. The van der Waals surface area contributed by atoms with Crippen molar-refractivity contribution < 1.29 is 5.11 Å². The third-order valence-corrected chi connectivity index (χ3v) is 4.69. The van der Waals surface area contributed by atoms with Crippen molar-refractivity contribution in [2.24, 2.45) is 12.0 Å². The van der Waals surface area contributed by atoms with Gasteiger partial charge in [-0.3, -0.25) is 4.68 Å². The highest BCUT2D eigenvalue weighted by Crippen LogP contribution is 2.20. The van der Waals surface area contributed by atoms with Gasteiger partial charge in [0.2, 0.25) is 0 Å². The molecule has 3 aromatic rings. The molecule has 0 aliphatic heterocycles. The molecule has 0 spiro atoms. The molecule has 1 unspecified atom stereocenters. The van der Waals surface area contributed by atoms with Crippen molar-refractivity contribution in [3.63, 3.8) is 0 Å². The van der Waals surface area contributed by atoms with Gasteiger partial charge in [-0.2, -0.15) is 5.10 Å². The molecule has 1 atom stereocenters. The summed E-state index contributed by atoms with van der Waals surface area (Å²) in [6, 6.07) is 8.14. The van der Waals surface area contributed by atoms with Crippen LogP contribution in [0.5, 0.6) is 0 Å². The predicted octanol–water partition coefficient (Wildman–Crippen LogP) is 1.54. The maximum absolute atomic E-state index is 10.7. The number of hydrogen-bond acceptors (Lipinski definition) is 4. The summed E-state index contributed by atoms with van der Waals surface area (Å²) in [5, 5.41) is 21.4. The van der Waals surface area contributed by atoms with Gasteiger partial charge in [0.1, 0.15) is 11.4 Å². The monoisotopic (exact) mass is 383 g/mol. The van der Waals surface area contributed by atoms with Crippen molar-refractivity contribution in [1.29, 1.82) is 0 Å². The van der Waals surface area contributed by atoms with Crippen LogP contribution in [0.25, 0.3) is 11.0 Å². The zero-order valence-corrected chi connectivity index (χ0v) is 17.0. The summed E-state index contributed by atoms with van der Waals surface area (Å²) in [6.45, 7) is 8.24. The summed E-state index contributed by atoms with van der Waals surface area (Å²) in [5.41, 5.74) is 1.81. The standard InChI is InChI=1S/C20H29N7O/c1-5-21-19(23-14-20(3,28)16-12-24-26(4)13-16)22-10-11-27-15(2)25-17-8-6-7-9-18(17)27/h6-9,12-13,28H,5,10-11,14H2,1-4H3,(H2,21,22,23). The summed E-state index contributed by atoms with van der Waals surface area (Å²) < 4.78 is 3.87. The number of fused-ring (bicyclic) bond motifs is 1. The first-order valence-electron chi connectivity index (χ1n) is 9.56. The van der Waals surface area contributed by atoms with E-state index in [-0.39, 0.29) is 6.54 Å². The molecule has 0 aliphatic carbocycles. The number of aromatic nitrogens is 4. The van der Waals surface area contributed by atoms with Crippen molar-refractivity contribution in [2.75, 3.05) is 19.6 Å². The van der Waals surface area contributed by atoms with Gasteiger partial charge >= 0.3 is 0 Å². The molecule has 2 heterocycles. The summed E-state index contributed by atoms with van der Waals surface area (Å²) >= 11 is 0. The van der Waals surface area contributed by atoms with Gasteiger partial charge in [0, 0.05) is 38.4 Å². The van der Waals surface area contributed by atoms with Gasteiger partial charge in [0.15, 0.2) is 5.96 Å². The molecule has 1 aromatic carbocycles. The molecule has 150 valence electrons. The Morgan fingerprint density at radius 3 is 2.79 bits per heavy atom. The lowest BCUT2D eigenvalue weighted by Gasteiger charge is -2.20. The zero-order chi connectivity index (χ0) is 20.1. The van der Waals surface area contributed by atoms with Crippen LogP contribution in [-0.4, -0.2) is 50.0 Å². The number of para-hydroxylation sites is 2. The van der Waals surface area contributed by atoms with E-state index in [9.17, 15) is 5.11 Å². The zero-order valence-electron chi connectivity index (χ0n) is 17.0. The van der Waals surface area contributed by atoms with E-state index in [4.69, 9.17) is 0 Å². The van der Waals surface area contributed by atoms with Gasteiger partial charge in [-0.1, -0.05) is 12.1 Å². The molecule has 28 heavy (non-hydrogen) atoms. The minimum Gasteiger partial charge on any atom is -0.383 e. The lowest BCUT2D eigenvalue weighted by atomic mass is 10.0. The molecule has 0 bridgehead atoms. The molecule has 0 fully saturated rings. The molecule has 2 aromatic heterocycles. The van der Waals surface area contributed by atoms with Crippen LogP contribution in [0.2, 0.25) is 0 Å². The van der Waals surface area contributed by atoms with Gasteiger partial charge in [-0.25, -0.2) is 9.98 Å². The summed E-state index contributed by atoms with van der Waals surface area (Å²) in [7, 11) is 1.83. The van der Waals surface area contributed by atoms with E-state index in [0.717, 1.165) is 35.5 Å². The van der Waals surface area contributed by atoms with E-state index >= 15 is 0 Å². The van der Waals surface area contributed by atoms with Crippen molar-refractivity contribution in [1.82, 2.24) is 30.0 Å².